The van der Waals surface area contributed by atoms with Crippen LogP contribution in [0.4, 0.5) is 15.0 Å². The maximum Gasteiger partial charge on any atom is 0.435 e. The summed E-state index contributed by atoms with van der Waals surface area (Å²) in [7, 11) is 5.70. The van der Waals surface area contributed by atoms with E-state index in [1.54, 1.807) is 27.7 Å². The minimum Gasteiger partial charge on any atom is -0.442 e. The third kappa shape index (κ3) is 4.21. The van der Waals surface area contributed by atoms with Crippen molar-refractivity contribution in [3.8, 4) is 0 Å². The molecule has 0 bridgehead atoms. The zero-order valence-corrected chi connectivity index (χ0v) is 13.9. The van der Waals surface area contributed by atoms with Crippen molar-refractivity contribution >= 4 is 31.1 Å². The zero-order chi connectivity index (χ0) is 18.1. The monoisotopic (exact) mass is 329 g/mol. The maximum atomic E-state index is 13.9. The molecule has 8 heteroatoms. The average molecular weight is 329 g/mol. The summed E-state index contributed by atoms with van der Waals surface area (Å²) in [6.45, 7) is 6.81. The molecule has 2 rings (SSSR count). The topological polar surface area (TPSA) is 73.2 Å². The van der Waals surface area contributed by atoms with Gasteiger partial charge in [0.15, 0.2) is 5.82 Å². The fraction of sp³-hybridized carbons (Fsp3) is 0.312. The van der Waals surface area contributed by atoms with Crippen LogP contribution in [0.25, 0.3) is 0 Å². The molecule has 1 aromatic heterocycles. The molecular weight excluding hydrogens is 312 g/mol. The number of aryl methyl sites for hydroxylation is 1. The highest BCUT2D eigenvalue weighted by Crippen LogP contribution is 2.13. The van der Waals surface area contributed by atoms with Crippen LogP contribution in [0.15, 0.2) is 24.4 Å². The SMILES string of the molecule is [B]c1cc(C(=O)Nc2ccn(C(=O)OC(C)(C)C)n2)c(F)cc1C. The van der Waals surface area contributed by atoms with Crippen LogP contribution >= 0.6 is 0 Å². The van der Waals surface area contributed by atoms with Gasteiger partial charge in [0.25, 0.3) is 5.91 Å². The Bertz CT molecular complexity index is 796. The van der Waals surface area contributed by atoms with Crippen molar-refractivity contribution in [3.05, 3.63) is 41.3 Å². The molecule has 0 aliphatic carbocycles. The van der Waals surface area contributed by atoms with Gasteiger partial charge in [-0.05, 0) is 33.8 Å². The summed E-state index contributed by atoms with van der Waals surface area (Å²) >= 11 is 0. The Labute approximate surface area is 140 Å². The van der Waals surface area contributed by atoms with E-state index in [2.05, 4.69) is 10.4 Å². The van der Waals surface area contributed by atoms with Crippen LogP contribution in [0.1, 0.15) is 36.7 Å². The number of carbonyl (C=O) groups excluding carboxylic acids is 2. The van der Waals surface area contributed by atoms with Gasteiger partial charge in [0.2, 0.25) is 0 Å². The molecule has 2 radical (unpaired) electrons. The van der Waals surface area contributed by atoms with Crippen molar-refractivity contribution in [1.29, 1.82) is 0 Å². The number of nitrogens with zero attached hydrogens (tertiary/aromatic N) is 2. The number of anilines is 1. The number of benzene rings is 1. The van der Waals surface area contributed by atoms with Crippen molar-refractivity contribution in [2.75, 3.05) is 5.32 Å². The number of nitrogens with one attached hydrogen (secondary N) is 1. The Hall–Kier alpha value is -2.64. The van der Waals surface area contributed by atoms with Crippen LogP contribution in [-0.2, 0) is 4.74 Å². The average Bonchev–Trinajstić information content (AvgIpc) is 2.89. The number of carbonyl (C=O) groups is 2. The highest BCUT2D eigenvalue weighted by atomic mass is 19.1. The van der Waals surface area contributed by atoms with E-state index in [0.29, 0.717) is 11.0 Å². The zero-order valence-electron chi connectivity index (χ0n) is 13.9. The first-order chi connectivity index (χ1) is 11.1. The second-order valence-electron chi connectivity index (χ2n) is 6.27. The van der Waals surface area contributed by atoms with E-state index in [-0.39, 0.29) is 11.4 Å². The molecule has 124 valence electrons. The first-order valence-corrected chi connectivity index (χ1v) is 7.23. The van der Waals surface area contributed by atoms with E-state index in [0.717, 1.165) is 4.68 Å². The smallest absolute Gasteiger partial charge is 0.435 e. The number of hydrogen-bond acceptors (Lipinski definition) is 4. The third-order valence-electron chi connectivity index (χ3n) is 3.01. The van der Waals surface area contributed by atoms with Crippen LogP contribution in [0.3, 0.4) is 0 Å². The molecule has 0 atom stereocenters. The van der Waals surface area contributed by atoms with Gasteiger partial charge in [0.1, 0.15) is 19.3 Å². The summed E-state index contributed by atoms with van der Waals surface area (Å²) in [5.74, 6) is -1.32. The summed E-state index contributed by atoms with van der Waals surface area (Å²) in [5, 5.41) is 6.30. The Balaban J connectivity index is 2.14. The quantitative estimate of drug-likeness (QED) is 0.857. The highest BCUT2D eigenvalue weighted by Gasteiger charge is 2.19. The molecule has 1 amide bonds. The number of hydrogen-bond donors (Lipinski definition) is 1. The van der Waals surface area contributed by atoms with Gasteiger partial charge >= 0.3 is 6.09 Å². The maximum absolute atomic E-state index is 13.9. The molecular formula is C16H17BFN3O3. The second-order valence-corrected chi connectivity index (χ2v) is 6.27. The van der Waals surface area contributed by atoms with E-state index >= 15 is 0 Å². The van der Waals surface area contributed by atoms with Crippen LogP contribution in [0, 0.1) is 12.7 Å². The normalized spacial score (nSPS) is 11.2. The standard InChI is InChI=1S/C16H17BFN3O3/c1-9-7-12(18)10(8-11(9)17)14(22)19-13-5-6-21(20-13)15(23)24-16(2,3)4/h5-8H,1-4H3,(H,19,20,22). The lowest BCUT2D eigenvalue weighted by atomic mass is 9.89. The van der Waals surface area contributed by atoms with Gasteiger partial charge in [0.05, 0.1) is 5.56 Å². The lowest BCUT2D eigenvalue weighted by molar-refractivity contribution is 0.0514. The lowest BCUT2D eigenvalue weighted by Gasteiger charge is -2.18. The predicted molar refractivity (Wildman–Crippen MR) is 88.3 cm³/mol. The minimum absolute atomic E-state index is 0.0874. The largest absolute Gasteiger partial charge is 0.442 e. The molecule has 0 unspecified atom stereocenters. The molecule has 0 aliphatic heterocycles. The van der Waals surface area contributed by atoms with Crippen molar-refractivity contribution in [3.63, 3.8) is 0 Å². The molecule has 24 heavy (non-hydrogen) atoms. The number of rotatable bonds is 2. The molecule has 1 aromatic carbocycles. The number of ether oxygens (including phenoxy) is 1. The summed E-state index contributed by atoms with van der Waals surface area (Å²) in [6, 6.07) is 3.84. The molecule has 0 saturated heterocycles. The van der Waals surface area contributed by atoms with Gasteiger partial charge in [-0.1, -0.05) is 17.1 Å². The molecule has 0 fully saturated rings. The van der Waals surface area contributed by atoms with Crippen molar-refractivity contribution in [1.82, 2.24) is 9.78 Å². The molecule has 6 nitrogen and oxygen atoms in total. The summed E-state index contributed by atoms with van der Waals surface area (Å²) in [6.07, 6.45) is 0.651. The van der Waals surface area contributed by atoms with E-state index < -0.39 is 23.4 Å². The molecule has 2 aromatic rings. The Morgan fingerprint density at radius 1 is 1.33 bits per heavy atom. The molecule has 0 spiro atoms. The van der Waals surface area contributed by atoms with Crippen LogP contribution in [-0.4, -0.2) is 35.2 Å². The van der Waals surface area contributed by atoms with Crippen molar-refractivity contribution in [2.45, 2.75) is 33.3 Å². The predicted octanol–water partition coefficient (Wildman–Crippen LogP) is 2.16. The summed E-state index contributed by atoms with van der Waals surface area (Å²) in [4.78, 5) is 24.0. The number of amides is 1. The van der Waals surface area contributed by atoms with E-state index in [1.165, 1.54) is 24.4 Å². The Kier molecular flexibility index (Phi) is 4.77. The second kappa shape index (κ2) is 6.47. The fourth-order valence-electron chi connectivity index (χ4n) is 1.85. The van der Waals surface area contributed by atoms with Gasteiger partial charge in [-0.15, -0.1) is 5.10 Å². The highest BCUT2D eigenvalue weighted by molar-refractivity contribution is 6.33. The summed E-state index contributed by atoms with van der Waals surface area (Å²) in [5.41, 5.74) is -0.0290. The van der Waals surface area contributed by atoms with Gasteiger partial charge in [-0.2, -0.15) is 4.68 Å². The van der Waals surface area contributed by atoms with Crippen LogP contribution < -0.4 is 10.8 Å². The van der Waals surface area contributed by atoms with E-state index in [9.17, 15) is 14.0 Å². The van der Waals surface area contributed by atoms with E-state index in [4.69, 9.17) is 12.6 Å². The van der Waals surface area contributed by atoms with Gasteiger partial charge < -0.3 is 10.1 Å². The summed E-state index contributed by atoms with van der Waals surface area (Å²) < 4.78 is 20.0. The van der Waals surface area contributed by atoms with Crippen LogP contribution in [0.2, 0.25) is 0 Å². The van der Waals surface area contributed by atoms with Crippen molar-refractivity contribution < 1.29 is 18.7 Å². The van der Waals surface area contributed by atoms with Crippen LogP contribution in [0.5, 0.6) is 0 Å². The number of halogens is 1. The Morgan fingerprint density at radius 2 is 2.00 bits per heavy atom. The first-order valence-electron chi connectivity index (χ1n) is 7.23. The van der Waals surface area contributed by atoms with Gasteiger partial charge in [-0.3, -0.25) is 4.79 Å². The fourth-order valence-corrected chi connectivity index (χ4v) is 1.85. The Morgan fingerprint density at radius 3 is 2.62 bits per heavy atom. The molecule has 0 aliphatic rings. The molecule has 1 N–H and O–H groups in total. The number of aromatic nitrogens is 2. The van der Waals surface area contributed by atoms with E-state index in [1.807, 2.05) is 0 Å². The molecule has 1 heterocycles. The van der Waals surface area contributed by atoms with Gasteiger partial charge in [0, 0.05) is 12.3 Å². The third-order valence-corrected chi connectivity index (χ3v) is 3.01. The minimum atomic E-state index is -0.714. The van der Waals surface area contributed by atoms with Crippen molar-refractivity contribution in [2.24, 2.45) is 0 Å². The first kappa shape index (κ1) is 17.7. The molecule has 0 saturated carbocycles. The van der Waals surface area contributed by atoms with Gasteiger partial charge in [-0.25, -0.2) is 9.18 Å². The lowest BCUT2D eigenvalue weighted by Crippen LogP contribution is -2.27.